The number of anilines is 1. The van der Waals surface area contributed by atoms with Gasteiger partial charge in [-0.2, -0.15) is 0 Å². The van der Waals surface area contributed by atoms with Crippen LogP contribution in [-0.2, 0) is 5.41 Å². The van der Waals surface area contributed by atoms with Gasteiger partial charge in [0.1, 0.15) is 0 Å². The zero-order valence-electron chi connectivity index (χ0n) is 11.2. The van der Waals surface area contributed by atoms with Crippen LogP contribution < -0.4 is 11.1 Å². The molecule has 0 bridgehead atoms. The Kier molecular flexibility index (Phi) is 3.43. The minimum absolute atomic E-state index is 0.230. The molecular weight excluding hydrogens is 208 g/mol. The average molecular weight is 232 g/mol. The van der Waals surface area contributed by atoms with E-state index in [-0.39, 0.29) is 5.41 Å². The first-order valence-electron chi connectivity index (χ1n) is 6.58. The molecule has 1 aromatic carbocycles. The van der Waals surface area contributed by atoms with Crippen LogP contribution in [0.5, 0.6) is 0 Å². The fourth-order valence-corrected chi connectivity index (χ4v) is 2.45. The third-order valence-corrected chi connectivity index (χ3v) is 3.59. The molecule has 1 aliphatic carbocycles. The first-order valence-corrected chi connectivity index (χ1v) is 6.58. The first-order chi connectivity index (χ1) is 7.95. The van der Waals surface area contributed by atoms with Crippen molar-refractivity contribution in [2.24, 2.45) is 5.73 Å². The molecule has 1 aliphatic rings. The summed E-state index contributed by atoms with van der Waals surface area (Å²) in [7, 11) is 0. The Hall–Kier alpha value is -1.02. The second-order valence-electron chi connectivity index (χ2n) is 6.24. The van der Waals surface area contributed by atoms with Crippen molar-refractivity contribution in [3.05, 3.63) is 29.8 Å². The van der Waals surface area contributed by atoms with Crippen LogP contribution in [0.25, 0.3) is 0 Å². The lowest BCUT2D eigenvalue weighted by molar-refractivity contribution is 0.590. The fourth-order valence-electron chi connectivity index (χ4n) is 2.45. The lowest BCUT2D eigenvalue weighted by atomic mass is 9.87. The summed E-state index contributed by atoms with van der Waals surface area (Å²) >= 11 is 0. The summed E-state index contributed by atoms with van der Waals surface area (Å²) in [5.41, 5.74) is 8.75. The van der Waals surface area contributed by atoms with Crippen molar-refractivity contribution in [2.45, 2.75) is 57.5 Å². The van der Waals surface area contributed by atoms with Crippen LogP contribution in [0, 0.1) is 0 Å². The van der Waals surface area contributed by atoms with Gasteiger partial charge in [0.05, 0.1) is 0 Å². The highest BCUT2D eigenvalue weighted by molar-refractivity contribution is 5.46. The summed E-state index contributed by atoms with van der Waals surface area (Å²) in [6, 6.07) is 9.76. The smallest absolute Gasteiger partial charge is 0.0342 e. The van der Waals surface area contributed by atoms with Gasteiger partial charge in [0.25, 0.3) is 0 Å². The van der Waals surface area contributed by atoms with E-state index in [1.165, 1.54) is 17.7 Å². The van der Waals surface area contributed by atoms with Crippen LogP contribution >= 0.6 is 0 Å². The first kappa shape index (κ1) is 12.4. The predicted octanol–water partition coefficient (Wildman–Crippen LogP) is 3.28. The van der Waals surface area contributed by atoms with Crippen molar-refractivity contribution >= 4 is 5.69 Å². The van der Waals surface area contributed by atoms with Crippen molar-refractivity contribution in [1.29, 1.82) is 0 Å². The molecule has 3 N–H and O–H groups in total. The molecular formula is C15H24N2. The van der Waals surface area contributed by atoms with Crippen LogP contribution in [0.1, 0.15) is 45.6 Å². The molecule has 1 aromatic rings. The molecule has 1 saturated carbocycles. The Bertz CT molecular complexity index is 362. The molecule has 2 unspecified atom stereocenters. The second kappa shape index (κ2) is 4.69. The summed E-state index contributed by atoms with van der Waals surface area (Å²) in [6.45, 7) is 6.72. The average Bonchev–Trinajstić information content (AvgIpc) is 2.63. The van der Waals surface area contributed by atoms with Gasteiger partial charge in [-0.15, -0.1) is 0 Å². The molecule has 2 heteroatoms. The van der Waals surface area contributed by atoms with Crippen molar-refractivity contribution in [1.82, 2.24) is 0 Å². The number of nitrogens with two attached hydrogens (primary N) is 1. The van der Waals surface area contributed by atoms with Gasteiger partial charge in [-0.1, -0.05) is 32.9 Å². The number of rotatable bonds is 2. The van der Waals surface area contributed by atoms with E-state index in [1.54, 1.807) is 0 Å². The maximum atomic E-state index is 5.92. The summed E-state index contributed by atoms with van der Waals surface area (Å²) < 4.78 is 0. The lowest BCUT2D eigenvalue weighted by Gasteiger charge is -2.20. The van der Waals surface area contributed by atoms with E-state index in [2.05, 4.69) is 50.4 Å². The van der Waals surface area contributed by atoms with Gasteiger partial charge < -0.3 is 11.1 Å². The SMILES string of the molecule is CC(C)(C)c1ccc(NC2CCC(N)C2)cc1. The normalized spacial score (nSPS) is 24.9. The minimum atomic E-state index is 0.230. The van der Waals surface area contributed by atoms with E-state index in [0.29, 0.717) is 12.1 Å². The van der Waals surface area contributed by atoms with Crippen molar-refractivity contribution in [2.75, 3.05) is 5.32 Å². The molecule has 94 valence electrons. The molecule has 2 nitrogen and oxygen atoms in total. The molecule has 2 rings (SSSR count). The number of hydrogen-bond acceptors (Lipinski definition) is 2. The molecule has 0 saturated heterocycles. The highest BCUT2D eigenvalue weighted by Gasteiger charge is 2.21. The van der Waals surface area contributed by atoms with Crippen LogP contribution in [0.2, 0.25) is 0 Å². The van der Waals surface area contributed by atoms with Crippen molar-refractivity contribution in [3.63, 3.8) is 0 Å². The van der Waals surface area contributed by atoms with E-state index in [9.17, 15) is 0 Å². The lowest BCUT2D eigenvalue weighted by Crippen LogP contribution is -2.20. The van der Waals surface area contributed by atoms with E-state index < -0.39 is 0 Å². The highest BCUT2D eigenvalue weighted by atomic mass is 14.9. The van der Waals surface area contributed by atoms with Crippen LogP contribution in [0.4, 0.5) is 5.69 Å². The molecule has 0 heterocycles. The predicted molar refractivity (Wildman–Crippen MR) is 74.4 cm³/mol. The van der Waals surface area contributed by atoms with Crippen molar-refractivity contribution < 1.29 is 0 Å². The maximum absolute atomic E-state index is 5.92. The quantitative estimate of drug-likeness (QED) is 0.821. The van der Waals surface area contributed by atoms with Gasteiger partial charge in [-0.25, -0.2) is 0 Å². The van der Waals surface area contributed by atoms with Gasteiger partial charge in [-0.05, 0) is 42.4 Å². The van der Waals surface area contributed by atoms with Crippen LogP contribution in [-0.4, -0.2) is 12.1 Å². The van der Waals surface area contributed by atoms with E-state index in [1.807, 2.05) is 0 Å². The maximum Gasteiger partial charge on any atom is 0.0342 e. The summed E-state index contributed by atoms with van der Waals surface area (Å²) in [5, 5.41) is 3.57. The van der Waals surface area contributed by atoms with Crippen LogP contribution in [0.3, 0.4) is 0 Å². The molecule has 1 fully saturated rings. The minimum Gasteiger partial charge on any atom is -0.382 e. The number of hydrogen-bond donors (Lipinski definition) is 2. The fraction of sp³-hybridized carbons (Fsp3) is 0.600. The van der Waals surface area contributed by atoms with Crippen molar-refractivity contribution in [3.8, 4) is 0 Å². The Balaban J connectivity index is 1.99. The Morgan fingerprint density at radius 3 is 2.24 bits per heavy atom. The summed E-state index contributed by atoms with van der Waals surface area (Å²) in [4.78, 5) is 0. The zero-order valence-corrected chi connectivity index (χ0v) is 11.2. The van der Waals surface area contributed by atoms with Gasteiger partial charge in [0.15, 0.2) is 0 Å². The second-order valence-corrected chi connectivity index (χ2v) is 6.24. The zero-order chi connectivity index (χ0) is 12.5. The Morgan fingerprint density at radius 2 is 1.76 bits per heavy atom. The number of benzene rings is 1. The van der Waals surface area contributed by atoms with E-state index >= 15 is 0 Å². The molecule has 2 atom stereocenters. The molecule has 0 aliphatic heterocycles. The molecule has 0 spiro atoms. The van der Waals surface area contributed by atoms with E-state index in [0.717, 1.165) is 12.8 Å². The van der Waals surface area contributed by atoms with Gasteiger partial charge in [0.2, 0.25) is 0 Å². The molecule has 0 aromatic heterocycles. The summed E-state index contributed by atoms with van der Waals surface area (Å²) in [6.07, 6.45) is 3.45. The van der Waals surface area contributed by atoms with E-state index in [4.69, 9.17) is 5.73 Å². The third-order valence-electron chi connectivity index (χ3n) is 3.59. The number of nitrogens with one attached hydrogen (secondary N) is 1. The Morgan fingerprint density at radius 1 is 1.12 bits per heavy atom. The van der Waals surface area contributed by atoms with Gasteiger partial charge in [-0.3, -0.25) is 0 Å². The van der Waals surface area contributed by atoms with Gasteiger partial charge in [0, 0.05) is 17.8 Å². The summed E-state index contributed by atoms with van der Waals surface area (Å²) in [5.74, 6) is 0. The highest BCUT2D eigenvalue weighted by Crippen LogP contribution is 2.25. The van der Waals surface area contributed by atoms with Crippen LogP contribution in [0.15, 0.2) is 24.3 Å². The largest absolute Gasteiger partial charge is 0.382 e. The monoisotopic (exact) mass is 232 g/mol. The third kappa shape index (κ3) is 3.22. The molecule has 0 radical (unpaired) electrons. The Labute approximate surface area is 105 Å². The molecule has 17 heavy (non-hydrogen) atoms. The molecule has 0 amide bonds. The van der Waals surface area contributed by atoms with Gasteiger partial charge >= 0.3 is 0 Å². The topological polar surface area (TPSA) is 38.0 Å². The standard InChI is InChI=1S/C15H24N2/c1-15(2,3)11-4-7-13(8-5-11)17-14-9-6-12(16)10-14/h4-5,7-8,12,14,17H,6,9-10,16H2,1-3H3.